The summed E-state index contributed by atoms with van der Waals surface area (Å²) in [4.78, 5) is 0. The van der Waals surface area contributed by atoms with Gasteiger partial charge in [-0.15, -0.1) is 0 Å². The highest BCUT2D eigenvalue weighted by Gasteiger charge is 2.54. The first-order chi connectivity index (χ1) is 8.27. The van der Waals surface area contributed by atoms with Crippen LogP contribution < -0.4 is 0 Å². The number of rotatable bonds is 1. The zero-order chi connectivity index (χ0) is 11.5. The second kappa shape index (κ2) is 3.23. The highest BCUT2D eigenvalue weighted by Crippen LogP contribution is 2.58. The van der Waals surface area contributed by atoms with Crippen molar-refractivity contribution < 1.29 is 5.11 Å². The Morgan fingerprint density at radius 3 is 2.59 bits per heavy atom. The second-order valence-corrected chi connectivity index (χ2v) is 6.07. The van der Waals surface area contributed by atoms with Crippen molar-refractivity contribution in [2.45, 2.75) is 31.3 Å². The molecule has 0 aromatic heterocycles. The van der Waals surface area contributed by atoms with Gasteiger partial charge in [0.1, 0.15) is 0 Å². The molecular weight excluding hydrogens is 208 g/mol. The number of aliphatic hydroxyl groups is 1. The van der Waals surface area contributed by atoms with E-state index in [1.807, 2.05) is 18.2 Å². The molecule has 0 spiro atoms. The van der Waals surface area contributed by atoms with E-state index in [0.29, 0.717) is 11.8 Å². The fourth-order valence-electron chi connectivity index (χ4n) is 4.47. The zero-order valence-corrected chi connectivity index (χ0v) is 9.97. The van der Waals surface area contributed by atoms with Gasteiger partial charge in [0.15, 0.2) is 0 Å². The van der Waals surface area contributed by atoms with Gasteiger partial charge in [0, 0.05) is 5.92 Å². The summed E-state index contributed by atoms with van der Waals surface area (Å²) in [5, 5.41) is 11.2. The first-order valence-electron chi connectivity index (χ1n) is 6.74. The van der Waals surface area contributed by atoms with Gasteiger partial charge in [-0.05, 0) is 43.1 Å². The zero-order valence-electron chi connectivity index (χ0n) is 9.97. The quantitative estimate of drug-likeness (QED) is 0.729. The van der Waals surface area contributed by atoms with Gasteiger partial charge in [-0.25, -0.2) is 0 Å². The van der Waals surface area contributed by atoms with E-state index in [-0.39, 0.29) is 0 Å². The van der Waals surface area contributed by atoms with Gasteiger partial charge in [-0.2, -0.15) is 0 Å². The van der Waals surface area contributed by atoms with Crippen LogP contribution in [0.25, 0.3) is 0 Å². The van der Waals surface area contributed by atoms with Crippen molar-refractivity contribution in [1.82, 2.24) is 0 Å². The molecule has 1 aromatic carbocycles. The molecule has 1 N–H and O–H groups in total. The van der Waals surface area contributed by atoms with Crippen molar-refractivity contribution in [3.05, 3.63) is 47.5 Å². The minimum atomic E-state index is -0.582. The van der Waals surface area contributed by atoms with Crippen LogP contribution in [-0.2, 0) is 5.60 Å². The highest BCUT2D eigenvalue weighted by atomic mass is 16.3. The summed E-state index contributed by atoms with van der Waals surface area (Å²) in [7, 11) is 0. The summed E-state index contributed by atoms with van der Waals surface area (Å²) in [5.41, 5.74) is 2.16. The number of hydrogen-bond donors (Lipinski definition) is 1. The van der Waals surface area contributed by atoms with Crippen molar-refractivity contribution in [2.75, 3.05) is 0 Å². The van der Waals surface area contributed by atoms with E-state index in [9.17, 15) is 5.11 Å². The number of hydrogen-bond acceptors (Lipinski definition) is 1. The summed E-state index contributed by atoms with van der Waals surface area (Å²) in [6, 6.07) is 10.3. The smallest absolute Gasteiger partial charge is 0.0990 e. The van der Waals surface area contributed by atoms with Crippen LogP contribution >= 0.6 is 0 Å². The molecule has 4 atom stereocenters. The van der Waals surface area contributed by atoms with Gasteiger partial charge in [-0.1, -0.05) is 42.0 Å². The average molecular weight is 226 g/mol. The summed E-state index contributed by atoms with van der Waals surface area (Å²) in [5.74, 6) is 1.68. The average Bonchev–Trinajstić information content (AvgIpc) is 2.36. The molecule has 4 unspecified atom stereocenters. The van der Waals surface area contributed by atoms with Crippen LogP contribution in [0.5, 0.6) is 0 Å². The molecule has 1 heteroatoms. The van der Waals surface area contributed by atoms with E-state index in [0.717, 1.165) is 17.9 Å². The molecule has 0 heterocycles. The standard InChI is InChI=1S/C16H18O/c17-16(13-4-2-1-3-5-13)14-7-11-6-12(9-14)10-15(16)8-11/h1-5,7,12,14-15,17H,6,8-10H2. The third-order valence-electron chi connectivity index (χ3n) is 5.13. The lowest BCUT2D eigenvalue weighted by atomic mass is 9.52. The molecule has 0 amide bonds. The van der Waals surface area contributed by atoms with Gasteiger partial charge in [-0.3, -0.25) is 0 Å². The van der Waals surface area contributed by atoms with Crippen LogP contribution in [0.2, 0.25) is 0 Å². The Hall–Kier alpha value is -1.08. The van der Waals surface area contributed by atoms with Gasteiger partial charge in [0.2, 0.25) is 0 Å². The first kappa shape index (κ1) is 9.90. The van der Waals surface area contributed by atoms with E-state index >= 15 is 0 Å². The molecule has 4 aliphatic carbocycles. The van der Waals surface area contributed by atoms with E-state index in [1.54, 1.807) is 5.57 Å². The predicted molar refractivity (Wildman–Crippen MR) is 67.4 cm³/mol. The third-order valence-corrected chi connectivity index (χ3v) is 5.13. The van der Waals surface area contributed by atoms with E-state index in [2.05, 4.69) is 18.2 Å². The molecule has 5 rings (SSSR count). The highest BCUT2D eigenvalue weighted by molar-refractivity contribution is 5.33. The van der Waals surface area contributed by atoms with Crippen molar-refractivity contribution in [2.24, 2.45) is 17.8 Å². The van der Waals surface area contributed by atoms with Gasteiger partial charge < -0.3 is 5.11 Å². The Bertz CT molecular complexity index is 476. The molecule has 0 saturated heterocycles. The Morgan fingerprint density at radius 2 is 1.88 bits per heavy atom. The molecule has 0 aliphatic heterocycles. The summed E-state index contributed by atoms with van der Waals surface area (Å²) in [6.07, 6.45) is 7.21. The van der Waals surface area contributed by atoms with Crippen LogP contribution in [0.1, 0.15) is 31.2 Å². The maximum absolute atomic E-state index is 11.2. The molecule has 1 nitrogen and oxygen atoms in total. The Morgan fingerprint density at radius 1 is 1.06 bits per heavy atom. The van der Waals surface area contributed by atoms with Crippen LogP contribution in [-0.4, -0.2) is 5.11 Å². The second-order valence-electron chi connectivity index (χ2n) is 6.07. The Balaban J connectivity index is 1.84. The van der Waals surface area contributed by atoms with Gasteiger partial charge in [0.25, 0.3) is 0 Å². The third kappa shape index (κ3) is 1.23. The Kier molecular flexibility index (Phi) is 1.88. The molecule has 2 fully saturated rings. The molecule has 17 heavy (non-hydrogen) atoms. The van der Waals surface area contributed by atoms with E-state index < -0.39 is 5.60 Å². The largest absolute Gasteiger partial charge is 0.384 e. The van der Waals surface area contributed by atoms with Gasteiger partial charge >= 0.3 is 0 Å². The normalized spacial score (nSPS) is 42.6. The monoisotopic (exact) mass is 226 g/mol. The summed E-state index contributed by atoms with van der Waals surface area (Å²) >= 11 is 0. The van der Waals surface area contributed by atoms with E-state index in [1.165, 1.54) is 19.3 Å². The summed E-state index contributed by atoms with van der Waals surface area (Å²) in [6.45, 7) is 0. The minimum absolute atomic E-state index is 0.367. The van der Waals surface area contributed by atoms with Crippen molar-refractivity contribution in [1.29, 1.82) is 0 Å². The summed E-state index contributed by atoms with van der Waals surface area (Å²) < 4.78 is 0. The fraction of sp³-hybridized carbons (Fsp3) is 0.500. The maximum Gasteiger partial charge on any atom is 0.0990 e. The van der Waals surface area contributed by atoms with Crippen LogP contribution in [0.15, 0.2) is 42.0 Å². The Labute approximate surface area is 102 Å². The lowest BCUT2D eigenvalue weighted by molar-refractivity contribution is -0.117. The number of allylic oxidation sites excluding steroid dienone is 1. The molecule has 0 radical (unpaired) electrons. The maximum atomic E-state index is 11.2. The molecule has 1 aromatic rings. The fourth-order valence-corrected chi connectivity index (χ4v) is 4.47. The molecule has 4 aliphatic rings. The van der Waals surface area contributed by atoms with Crippen LogP contribution in [0.4, 0.5) is 0 Å². The molecular formula is C16H18O. The number of benzene rings is 1. The van der Waals surface area contributed by atoms with Crippen molar-refractivity contribution in [3.8, 4) is 0 Å². The topological polar surface area (TPSA) is 20.2 Å². The van der Waals surface area contributed by atoms with Crippen molar-refractivity contribution >= 4 is 0 Å². The van der Waals surface area contributed by atoms with Gasteiger partial charge in [0.05, 0.1) is 5.60 Å². The molecule has 88 valence electrons. The lowest BCUT2D eigenvalue weighted by Crippen LogP contribution is -2.51. The van der Waals surface area contributed by atoms with Crippen molar-refractivity contribution in [3.63, 3.8) is 0 Å². The predicted octanol–water partition coefficient (Wildman–Crippen LogP) is 3.25. The van der Waals surface area contributed by atoms with E-state index in [4.69, 9.17) is 0 Å². The van der Waals surface area contributed by atoms with Crippen LogP contribution in [0.3, 0.4) is 0 Å². The minimum Gasteiger partial charge on any atom is -0.384 e. The SMILES string of the molecule is OC1(c2ccccc2)C2C=C3CC(C2)CC1C3. The lowest BCUT2D eigenvalue weighted by Gasteiger charge is -2.55. The molecule has 2 saturated carbocycles. The molecule has 4 bridgehead atoms. The first-order valence-corrected chi connectivity index (χ1v) is 6.74. The van der Waals surface area contributed by atoms with Crippen LogP contribution in [0, 0.1) is 17.8 Å².